The summed E-state index contributed by atoms with van der Waals surface area (Å²) in [4.78, 5) is 0. The van der Waals surface area contributed by atoms with Crippen molar-refractivity contribution in [3.63, 3.8) is 0 Å². The molecule has 0 bridgehead atoms. The zero-order chi connectivity index (χ0) is 8.77. The van der Waals surface area contributed by atoms with Gasteiger partial charge in [-0.05, 0) is 13.8 Å². The lowest BCUT2D eigenvalue weighted by atomic mass is 9.81. The van der Waals surface area contributed by atoms with Crippen LogP contribution in [0.1, 0.15) is 13.8 Å². The molecule has 0 aromatic heterocycles. The van der Waals surface area contributed by atoms with Crippen LogP contribution in [0.5, 0.6) is 0 Å². The highest BCUT2D eigenvalue weighted by Crippen LogP contribution is 2.35. The Morgan fingerprint density at radius 3 is 2.92 bits per heavy atom. The summed E-state index contributed by atoms with van der Waals surface area (Å²) in [7, 11) is 2.03. The van der Waals surface area contributed by atoms with Gasteiger partial charge in [-0.1, -0.05) is 24.3 Å². The molecule has 2 heteroatoms. The maximum absolute atomic E-state index is 4.45. The van der Waals surface area contributed by atoms with E-state index < -0.39 is 0 Å². The number of nitrogens with zero attached hydrogens (tertiary/aromatic N) is 2. The van der Waals surface area contributed by atoms with Crippen molar-refractivity contribution in [1.82, 2.24) is 5.01 Å². The van der Waals surface area contributed by atoms with Gasteiger partial charge < -0.3 is 0 Å². The van der Waals surface area contributed by atoms with Crippen LogP contribution in [0.3, 0.4) is 0 Å². The first-order valence-electron chi connectivity index (χ1n) is 4.29. The van der Waals surface area contributed by atoms with Crippen LogP contribution in [-0.2, 0) is 0 Å². The van der Waals surface area contributed by atoms with Crippen LogP contribution in [0, 0.1) is 5.92 Å². The van der Waals surface area contributed by atoms with Crippen LogP contribution in [0.4, 0.5) is 0 Å². The lowest BCUT2D eigenvalue weighted by Gasteiger charge is -2.34. The van der Waals surface area contributed by atoms with E-state index in [-0.39, 0.29) is 5.54 Å². The third kappa shape index (κ3) is 0.779. The lowest BCUT2D eigenvalue weighted by Crippen LogP contribution is -2.42. The van der Waals surface area contributed by atoms with Crippen molar-refractivity contribution in [2.45, 2.75) is 19.4 Å². The van der Waals surface area contributed by atoms with Crippen LogP contribution < -0.4 is 0 Å². The predicted octanol–water partition coefficient (Wildman–Crippen LogP) is 1.81. The fourth-order valence-corrected chi connectivity index (χ4v) is 2.00. The standard InChI is InChI=1S/C10H14N2/c1-8-9-6-4-5-7-10(9,2)12(3)11-8/h4-7,9H,1-3H3. The van der Waals surface area contributed by atoms with Crippen molar-refractivity contribution in [2.75, 3.05) is 7.05 Å². The van der Waals surface area contributed by atoms with Crippen molar-refractivity contribution >= 4 is 5.71 Å². The van der Waals surface area contributed by atoms with Crippen molar-refractivity contribution < 1.29 is 0 Å². The van der Waals surface area contributed by atoms with Crippen molar-refractivity contribution in [1.29, 1.82) is 0 Å². The molecule has 0 aromatic carbocycles. The average molecular weight is 162 g/mol. The zero-order valence-corrected chi connectivity index (χ0v) is 7.78. The van der Waals surface area contributed by atoms with Gasteiger partial charge in [-0.15, -0.1) is 0 Å². The number of hydrogen-bond donors (Lipinski definition) is 0. The van der Waals surface area contributed by atoms with Crippen molar-refractivity contribution in [2.24, 2.45) is 11.0 Å². The SMILES string of the molecule is CC1=NN(C)C2(C)C=CC=CC12. The smallest absolute Gasteiger partial charge is 0.0845 e. The molecule has 1 aliphatic carbocycles. The van der Waals surface area contributed by atoms with E-state index in [4.69, 9.17) is 0 Å². The average Bonchev–Trinajstić information content (AvgIpc) is 2.25. The Morgan fingerprint density at radius 2 is 2.25 bits per heavy atom. The maximum Gasteiger partial charge on any atom is 0.0845 e. The molecule has 0 saturated heterocycles. The molecule has 0 amide bonds. The van der Waals surface area contributed by atoms with E-state index in [2.05, 4.69) is 43.3 Å². The summed E-state index contributed by atoms with van der Waals surface area (Å²) in [5.74, 6) is 0.465. The second kappa shape index (κ2) is 2.22. The minimum absolute atomic E-state index is 0.0822. The van der Waals surface area contributed by atoms with Gasteiger partial charge in [0.1, 0.15) is 0 Å². The van der Waals surface area contributed by atoms with Crippen molar-refractivity contribution in [3.8, 4) is 0 Å². The third-order valence-electron chi connectivity index (χ3n) is 2.93. The van der Waals surface area contributed by atoms with Gasteiger partial charge in [0.25, 0.3) is 0 Å². The molecule has 2 aliphatic rings. The Kier molecular flexibility index (Phi) is 1.40. The summed E-state index contributed by atoms with van der Waals surface area (Å²) in [6.45, 7) is 4.31. The second-order valence-corrected chi connectivity index (χ2v) is 3.71. The molecule has 1 aliphatic heterocycles. The Morgan fingerprint density at radius 1 is 1.50 bits per heavy atom. The van der Waals surface area contributed by atoms with Crippen LogP contribution in [0.2, 0.25) is 0 Å². The third-order valence-corrected chi connectivity index (χ3v) is 2.93. The van der Waals surface area contributed by atoms with E-state index in [0.717, 1.165) is 0 Å². The normalized spacial score (nSPS) is 38.4. The van der Waals surface area contributed by atoms with Crippen LogP contribution in [-0.4, -0.2) is 23.3 Å². The molecule has 0 aromatic rings. The molecule has 1 heterocycles. The van der Waals surface area contributed by atoms with Gasteiger partial charge in [0.05, 0.1) is 5.54 Å². The molecule has 0 spiro atoms. The Bertz CT molecular complexity index is 288. The van der Waals surface area contributed by atoms with E-state index in [1.807, 2.05) is 12.1 Å². The van der Waals surface area contributed by atoms with Crippen molar-refractivity contribution in [3.05, 3.63) is 24.3 Å². The summed E-state index contributed by atoms with van der Waals surface area (Å²) in [6.07, 6.45) is 8.64. The molecular weight excluding hydrogens is 148 g/mol. The summed E-state index contributed by atoms with van der Waals surface area (Å²) >= 11 is 0. The monoisotopic (exact) mass is 162 g/mol. The largest absolute Gasteiger partial charge is 0.290 e. The summed E-state index contributed by atoms with van der Waals surface area (Å²) in [5.41, 5.74) is 1.29. The van der Waals surface area contributed by atoms with E-state index in [0.29, 0.717) is 5.92 Å². The van der Waals surface area contributed by atoms with Crippen LogP contribution >= 0.6 is 0 Å². The quantitative estimate of drug-likeness (QED) is 0.530. The van der Waals surface area contributed by atoms with Gasteiger partial charge in [0.15, 0.2) is 0 Å². The molecule has 0 saturated carbocycles. The Labute approximate surface area is 73.3 Å². The molecule has 2 rings (SSSR count). The predicted molar refractivity (Wildman–Crippen MR) is 51.0 cm³/mol. The minimum atomic E-state index is 0.0822. The van der Waals surface area contributed by atoms with Gasteiger partial charge >= 0.3 is 0 Å². The molecule has 2 atom stereocenters. The molecule has 2 unspecified atom stereocenters. The van der Waals surface area contributed by atoms with Gasteiger partial charge in [0.2, 0.25) is 0 Å². The highest BCUT2D eigenvalue weighted by molar-refractivity contribution is 5.89. The van der Waals surface area contributed by atoms with E-state index in [9.17, 15) is 0 Å². The van der Waals surface area contributed by atoms with Gasteiger partial charge in [-0.2, -0.15) is 5.10 Å². The number of allylic oxidation sites excluding steroid dienone is 2. The fourth-order valence-electron chi connectivity index (χ4n) is 2.00. The van der Waals surface area contributed by atoms with E-state index in [1.54, 1.807) is 0 Å². The molecule has 64 valence electrons. The number of rotatable bonds is 0. The first kappa shape index (κ1) is 7.59. The van der Waals surface area contributed by atoms with Gasteiger partial charge in [0, 0.05) is 18.7 Å². The Hall–Kier alpha value is -1.05. The maximum atomic E-state index is 4.45. The summed E-state index contributed by atoms with van der Waals surface area (Å²) < 4.78 is 0. The molecule has 0 fully saturated rings. The highest BCUT2D eigenvalue weighted by Gasteiger charge is 2.41. The Balaban J connectivity index is 2.43. The number of hydrogen-bond acceptors (Lipinski definition) is 2. The molecular formula is C10H14N2. The number of likely N-dealkylation sites (N-methyl/N-ethyl adjacent to an activating group) is 1. The summed E-state index contributed by atoms with van der Waals surface area (Å²) in [5, 5.41) is 6.50. The van der Waals surface area contributed by atoms with E-state index >= 15 is 0 Å². The number of hydrazone groups is 1. The first-order valence-corrected chi connectivity index (χ1v) is 4.29. The van der Waals surface area contributed by atoms with Gasteiger partial charge in [-0.3, -0.25) is 5.01 Å². The van der Waals surface area contributed by atoms with E-state index in [1.165, 1.54) is 5.71 Å². The van der Waals surface area contributed by atoms with Crippen LogP contribution in [0.25, 0.3) is 0 Å². The number of fused-ring (bicyclic) bond motifs is 1. The van der Waals surface area contributed by atoms with Gasteiger partial charge in [-0.25, -0.2) is 0 Å². The molecule has 2 nitrogen and oxygen atoms in total. The molecule has 12 heavy (non-hydrogen) atoms. The molecule has 0 N–H and O–H groups in total. The zero-order valence-electron chi connectivity index (χ0n) is 7.78. The lowest BCUT2D eigenvalue weighted by molar-refractivity contribution is 0.200. The first-order chi connectivity index (χ1) is 5.64. The topological polar surface area (TPSA) is 15.6 Å². The highest BCUT2D eigenvalue weighted by atomic mass is 15.5. The second-order valence-electron chi connectivity index (χ2n) is 3.71. The van der Waals surface area contributed by atoms with Crippen LogP contribution in [0.15, 0.2) is 29.4 Å². The minimum Gasteiger partial charge on any atom is -0.290 e. The molecule has 0 radical (unpaired) electrons. The fraction of sp³-hybridized carbons (Fsp3) is 0.500. The summed E-state index contributed by atoms with van der Waals surface area (Å²) in [6, 6.07) is 0.